The fourth-order valence-electron chi connectivity index (χ4n) is 1.81. The molecule has 2 rings (SSSR count). The van der Waals surface area contributed by atoms with Crippen LogP contribution in [0.15, 0.2) is 35.4 Å². The van der Waals surface area contributed by atoms with Crippen LogP contribution in [0.1, 0.15) is 12.8 Å². The van der Waals surface area contributed by atoms with Crippen molar-refractivity contribution in [1.82, 2.24) is 9.55 Å². The minimum atomic E-state index is -0.299. The molecule has 0 aliphatic rings. The van der Waals surface area contributed by atoms with Gasteiger partial charge >= 0.3 is 5.97 Å². The van der Waals surface area contributed by atoms with E-state index in [9.17, 15) is 9.59 Å². The Morgan fingerprint density at radius 2 is 2.15 bits per heavy atom. The van der Waals surface area contributed by atoms with E-state index in [0.29, 0.717) is 36.2 Å². The molecule has 20 heavy (non-hydrogen) atoms. The number of hydrogen-bond donors (Lipinski definition) is 0. The number of benzene rings is 1. The monoisotopic (exact) mass is 294 g/mol. The van der Waals surface area contributed by atoms with Crippen LogP contribution in [0.3, 0.4) is 0 Å². The van der Waals surface area contributed by atoms with Crippen LogP contribution in [-0.2, 0) is 16.1 Å². The van der Waals surface area contributed by atoms with Crippen LogP contribution in [0.2, 0.25) is 0 Å². The number of fused-ring (bicyclic) bond motifs is 1. The van der Waals surface area contributed by atoms with E-state index in [0.717, 1.165) is 0 Å². The molecule has 2 aromatic rings. The van der Waals surface area contributed by atoms with Crippen LogP contribution in [0.5, 0.6) is 0 Å². The second-order valence-corrected chi connectivity index (χ2v) is 4.65. The number of carbonyl (C=O) groups excluding carboxylic acids is 1. The summed E-state index contributed by atoms with van der Waals surface area (Å²) in [4.78, 5) is 27.6. The van der Waals surface area contributed by atoms with Crippen molar-refractivity contribution in [3.63, 3.8) is 0 Å². The molecule has 0 spiro atoms. The Bertz CT molecular complexity index is 654. The van der Waals surface area contributed by atoms with Crippen LogP contribution < -0.4 is 5.56 Å². The lowest BCUT2D eigenvalue weighted by molar-refractivity contribution is -0.143. The Morgan fingerprint density at radius 3 is 2.95 bits per heavy atom. The van der Waals surface area contributed by atoms with Gasteiger partial charge in [-0.3, -0.25) is 14.2 Å². The second kappa shape index (κ2) is 7.05. The summed E-state index contributed by atoms with van der Waals surface area (Å²) in [5.41, 5.74) is 0.528. The first-order chi connectivity index (χ1) is 9.72. The fraction of sp³-hybridized carbons (Fsp3) is 0.357. The molecule has 0 atom stereocenters. The molecule has 0 unspecified atom stereocenters. The van der Waals surface area contributed by atoms with Crippen molar-refractivity contribution >= 4 is 28.5 Å². The standard InChI is InChI=1S/C14H15ClN2O3/c15-7-3-6-13(18)20-9-8-17-10-16-12-5-2-1-4-11(12)14(17)19/h1-2,4-5,10H,3,6-9H2. The molecule has 0 radical (unpaired) electrons. The zero-order valence-electron chi connectivity index (χ0n) is 10.9. The SMILES string of the molecule is O=C(CCCCl)OCCn1cnc2ccccc2c1=O. The highest BCUT2D eigenvalue weighted by atomic mass is 35.5. The minimum absolute atomic E-state index is 0.132. The molecule has 0 N–H and O–H groups in total. The number of hydrogen-bond acceptors (Lipinski definition) is 4. The number of para-hydroxylation sites is 1. The van der Waals surface area contributed by atoms with Crippen LogP contribution in [0.4, 0.5) is 0 Å². The molecule has 6 heteroatoms. The van der Waals surface area contributed by atoms with Gasteiger partial charge in [-0.2, -0.15) is 0 Å². The van der Waals surface area contributed by atoms with Crippen molar-refractivity contribution in [2.75, 3.05) is 12.5 Å². The zero-order chi connectivity index (χ0) is 14.4. The summed E-state index contributed by atoms with van der Waals surface area (Å²) in [7, 11) is 0. The summed E-state index contributed by atoms with van der Waals surface area (Å²) in [6.45, 7) is 0.449. The molecule has 0 amide bonds. The molecule has 1 heterocycles. The van der Waals surface area contributed by atoms with E-state index in [2.05, 4.69) is 4.98 Å². The predicted octanol–water partition coefficient (Wildman–Crippen LogP) is 1.96. The maximum absolute atomic E-state index is 12.1. The molecule has 0 saturated carbocycles. The first-order valence-corrected chi connectivity index (χ1v) is 6.91. The highest BCUT2D eigenvalue weighted by molar-refractivity contribution is 6.17. The van der Waals surface area contributed by atoms with E-state index in [4.69, 9.17) is 16.3 Å². The Hall–Kier alpha value is -1.88. The molecular weight excluding hydrogens is 280 g/mol. The third kappa shape index (κ3) is 3.57. The number of alkyl halides is 1. The minimum Gasteiger partial charge on any atom is -0.464 e. The summed E-state index contributed by atoms with van der Waals surface area (Å²) in [6, 6.07) is 7.14. The fourth-order valence-corrected chi connectivity index (χ4v) is 1.94. The normalized spacial score (nSPS) is 10.7. The predicted molar refractivity (Wildman–Crippen MR) is 76.9 cm³/mol. The lowest BCUT2D eigenvalue weighted by Crippen LogP contribution is -2.23. The quantitative estimate of drug-likeness (QED) is 0.603. The van der Waals surface area contributed by atoms with Gasteiger partial charge in [-0.05, 0) is 18.6 Å². The molecule has 0 aliphatic heterocycles. The van der Waals surface area contributed by atoms with Crippen molar-refractivity contribution in [3.05, 3.63) is 40.9 Å². The molecule has 1 aromatic heterocycles. The van der Waals surface area contributed by atoms with Gasteiger partial charge in [-0.25, -0.2) is 4.98 Å². The van der Waals surface area contributed by atoms with Gasteiger partial charge < -0.3 is 4.74 Å². The summed E-state index contributed by atoms with van der Waals surface area (Å²) < 4.78 is 6.47. The Morgan fingerprint density at radius 1 is 1.35 bits per heavy atom. The van der Waals surface area contributed by atoms with Gasteiger partial charge in [-0.15, -0.1) is 11.6 Å². The van der Waals surface area contributed by atoms with E-state index in [1.165, 1.54) is 10.9 Å². The molecule has 0 saturated heterocycles. The largest absolute Gasteiger partial charge is 0.464 e. The highest BCUT2D eigenvalue weighted by Gasteiger charge is 2.05. The molecular formula is C14H15ClN2O3. The number of esters is 1. The van der Waals surface area contributed by atoms with Crippen LogP contribution in [-0.4, -0.2) is 28.0 Å². The van der Waals surface area contributed by atoms with Crippen molar-refractivity contribution in [3.8, 4) is 0 Å². The second-order valence-electron chi connectivity index (χ2n) is 4.27. The number of halogens is 1. The van der Waals surface area contributed by atoms with E-state index in [-0.39, 0.29) is 18.1 Å². The smallest absolute Gasteiger partial charge is 0.305 e. The Balaban J connectivity index is 1.99. The first-order valence-electron chi connectivity index (χ1n) is 6.38. The number of ether oxygens (including phenoxy) is 1. The lowest BCUT2D eigenvalue weighted by Gasteiger charge is -2.07. The van der Waals surface area contributed by atoms with Gasteiger partial charge in [0.25, 0.3) is 5.56 Å². The summed E-state index contributed by atoms with van der Waals surface area (Å²) in [6.07, 6.45) is 2.36. The highest BCUT2D eigenvalue weighted by Crippen LogP contribution is 2.04. The Labute approximate surface area is 121 Å². The maximum atomic E-state index is 12.1. The average Bonchev–Trinajstić information content (AvgIpc) is 2.48. The van der Waals surface area contributed by atoms with E-state index in [1.54, 1.807) is 18.2 Å². The van der Waals surface area contributed by atoms with Crippen LogP contribution in [0.25, 0.3) is 10.9 Å². The van der Waals surface area contributed by atoms with Crippen molar-refractivity contribution in [1.29, 1.82) is 0 Å². The van der Waals surface area contributed by atoms with Gasteiger partial charge in [-0.1, -0.05) is 12.1 Å². The number of carbonyl (C=O) groups is 1. The molecule has 106 valence electrons. The van der Waals surface area contributed by atoms with Gasteiger partial charge in [0, 0.05) is 12.3 Å². The van der Waals surface area contributed by atoms with E-state index >= 15 is 0 Å². The first kappa shape index (κ1) is 14.5. The van der Waals surface area contributed by atoms with Crippen molar-refractivity contribution in [2.45, 2.75) is 19.4 Å². The third-order valence-electron chi connectivity index (χ3n) is 2.84. The third-order valence-corrected chi connectivity index (χ3v) is 3.11. The molecule has 0 fully saturated rings. The lowest BCUT2D eigenvalue weighted by atomic mass is 10.2. The molecule has 5 nitrogen and oxygen atoms in total. The van der Waals surface area contributed by atoms with Gasteiger partial charge in [0.15, 0.2) is 0 Å². The van der Waals surface area contributed by atoms with Crippen molar-refractivity contribution < 1.29 is 9.53 Å². The average molecular weight is 295 g/mol. The number of rotatable bonds is 6. The summed E-state index contributed by atoms with van der Waals surface area (Å²) in [5, 5.41) is 0.559. The zero-order valence-corrected chi connectivity index (χ0v) is 11.7. The van der Waals surface area contributed by atoms with Gasteiger partial charge in [0.05, 0.1) is 23.8 Å². The molecule has 0 aliphatic carbocycles. The van der Waals surface area contributed by atoms with Crippen LogP contribution in [0, 0.1) is 0 Å². The van der Waals surface area contributed by atoms with Gasteiger partial charge in [0.1, 0.15) is 6.61 Å². The number of aromatic nitrogens is 2. The van der Waals surface area contributed by atoms with Crippen molar-refractivity contribution in [2.24, 2.45) is 0 Å². The van der Waals surface area contributed by atoms with Crippen LogP contribution >= 0.6 is 11.6 Å². The Kier molecular flexibility index (Phi) is 5.12. The summed E-state index contributed by atoms with van der Waals surface area (Å²) in [5.74, 6) is 0.135. The molecule has 1 aromatic carbocycles. The van der Waals surface area contributed by atoms with E-state index in [1.807, 2.05) is 6.07 Å². The topological polar surface area (TPSA) is 61.2 Å². The van der Waals surface area contributed by atoms with Gasteiger partial charge in [0.2, 0.25) is 0 Å². The maximum Gasteiger partial charge on any atom is 0.305 e. The summed E-state index contributed by atoms with van der Waals surface area (Å²) >= 11 is 5.49. The molecule has 0 bridgehead atoms. The van der Waals surface area contributed by atoms with E-state index < -0.39 is 0 Å². The number of nitrogens with zero attached hydrogens (tertiary/aromatic N) is 2.